The molecule has 0 amide bonds. The van der Waals surface area contributed by atoms with E-state index >= 15 is 0 Å². The second kappa shape index (κ2) is 6.67. The lowest BCUT2D eigenvalue weighted by atomic mass is 10.1. The lowest BCUT2D eigenvalue weighted by Crippen LogP contribution is -2.34. The number of hydrogen-bond donors (Lipinski definition) is 1. The summed E-state index contributed by atoms with van der Waals surface area (Å²) in [5, 5.41) is 3.62. The van der Waals surface area contributed by atoms with Crippen LogP contribution in [0, 0.1) is 0 Å². The molecule has 1 aromatic carbocycles. The van der Waals surface area contributed by atoms with Crippen LogP contribution in [0.15, 0.2) is 18.2 Å². The van der Waals surface area contributed by atoms with E-state index in [4.69, 9.17) is 9.47 Å². The van der Waals surface area contributed by atoms with E-state index in [0.29, 0.717) is 19.3 Å². The molecule has 3 rings (SSSR count). The van der Waals surface area contributed by atoms with E-state index in [1.54, 1.807) is 0 Å². The van der Waals surface area contributed by atoms with Gasteiger partial charge in [-0.1, -0.05) is 13.0 Å². The fraction of sp³-hybridized carbons (Fsp3) is 0.647. The average Bonchev–Trinajstić information content (AvgIpc) is 3.35. The highest BCUT2D eigenvalue weighted by molar-refractivity contribution is 5.44. The summed E-state index contributed by atoms with van der Waals surface area (Å²) in [5.41, 5.74) is 1.26. The molecule has 0 radical (unpaired) electrons. The number of ether oxygens (including phenoxy) is 2. The van der Waals surface area contributed by atoms with Crippen molar-refractivity contribution in [1.82, 2.24) is 10.2 Å². The molecule has 1 fully saturated rings. The second-order valence-electron chi connectivity index (χ2n) is 5.94. The Morgan fingerprint density at radius 2 is 2.00 bits per heavy atom. The first kappa shape index (κ1) is 14.7. The monoisotopic (exact) mass is 290 g/mol. The average molecular weight is 290 g/mol. The van der Waals surface area contributed by atoms with Crippen molar-refractivity contribution in [2.75, 3.05) is 32.8 Å². The van der Waals surface area contributed by atoms with Crippen LogP contribution in [0.2, 0.25) is 0 Å². The summed E-state index contributed by atoms with van der Waals surface area (Å²) < 4.78 is 11.2. The van der Waals surface area contributed by atoms with E-state index < -0.39 is 0 Å². The van der Waals surface area contributed by atoms with Crippen molar-refractivity contribution in [3.63, 3.8) is 0 Å². The molecule has 116 valence electrons. The van der Waals surface area contributed by atoms with Crippen molar-refractivity contribution in [2.45, 2.75) is 38.8 Å². The van der Waals surface area contributed by atoms with Gasteiger partial charge in [-0.3, -0.25) is 4.90 Å². The third-order valence-corrected chi connectivity index (χ3v) is 4.39. The van der Waals surface area contributed by atoms with Gasteiger partial charge < -0.3 is 14.8 Å². The van der Waals surface area contributed by atoms with Crippen LogP contribution in [0.4, 0.5) is 0 Å². The zero-order valence-corrected chi connectivity index (χ0v) is 13.1. The molecule has 1 atom stereocenters. The third-order valence-electron chi connectivity index (χ3n) is 4.39. The van der Waals surface area contributed by atoms with Crippen LogP contribution < -0.4 is 14.8 Å². The number of likely N-dealkylation sites (N-methyl/N-ethyl adjacent to an activating group) is 1. The van der Waals surface area contributed by atoms with Gasteiger partial charge >= 0.3 is 0 Å². The number of benzene rings is 1. The first-order valence-corrected chi connectivity index (χ1v) is 8.15. The molecule has 4 nitrogen and oxygen atoms in total. The number of hydrogen-bond acceptors (Lipinski definition) is 4. The molecular weight excluding hydrogens is 264 g/mol. The van der Waals surface area contributed by atoms with Crippen LogP contribution in [0.1, 0.15) is 38.3 Å². The largest absolute Gasteiger partial charge is 0.486 e. The maximum atomic E-state index is 5.65. The molecule has 4 heteroatoms. The van der Waals surface area contributed by atoms with E-state index in [1.807, 2.05) is 6.07 Å². The summed E-state index contributed by atoms with van der Waals surface area (Å²) in [6.07, 6.45) is 2.76. The Labute approximate surface area is 127 Å². The molecule has 21 heavy (non-hydrogen) atoms. The molecule has 2 aliphatic rings. The Hall–Kier alpha value is -1.26. The summed E-state index contributed by atoms with van der Waals surface area (Å²) in [6.45, 7) is 9.07. The zero-order valence-electron chi connectivity index (χ0n) is 13.1. The number of nitrogens with zero attached hydrogens (tertiary/aromatic N) is 1. The minimum atomic E-state index is 0.332. The molecule has 1 aromatic rings. The molecular formula is C17H26N2O2. The standard InChI is InChI=1S/C17H26N2O2/c1-3-19(15-5-6-15)9-8-18-13(2)14-4-7-16-17(12-14)21-11-10-20-16/h4,7,12-13,15,18H,3,5-6,8-11H2,1-2H3. The maximum absolute atomic E-state index is 5.65. The highest BCUT2D eigenvalue weighted by atomic mass is 16.6. The molecule has 0 saturated heterocycles. The molecule has 1 aliphatic carbocycles. The predicted octanol–water partition coefficient (Wildman–Crippen LogP) is 2.59. The first-order chi connectivity index (χ1) is 10.3. The van der Waals surface area contributed by atoms with Crippen molar-refractivity contribution in [2.24, 2.45) is 0 Å². The van der Waals surface area contributed by atoms with Gasteiger partial charge in [0, 0.05) is 25.2 Å². The van der Waals surface area contributed by atoms with Crippen molar-refractivity contribution in [3.05, 3.63) is 23.8 Å². The first-order valence-electron chi connectivity index (χ1n) is 8.15. The molecule has 0 bridgehead atoms. The van der Waals surface area contributed by atoms with E-state index in [9.17, 15) is 0 Å². The molecule has 0 spiro atoms. The quantitative estimate of drug-likeness (QED) is 0.837. The van der Waals surface area contributed by atoms with Gasteiger partial charge in [-0.05, 0) is 44.0 Å². The number of rotatable bonds is 7. The Balaban J connectivity index is 1.51. The van der Waals surface area contributed by atoms with Gasteiger partial charge in [0.05, 0.1) is 0 Å². The number of nitrogens with one attached hydrogen (secondary N) is 1. The second-order valence-corrected chi connectivity index (χ2v) is 5.94. The number of fused-ring (bicyclic) bond motifs is 1. The third kappa shape index (κ3) is 3.69. The molecule has 0 aromatic heterocycles. The predicted molar refractivity (Wildman–Crippen MR) is 84.1 cm³/mol. The highest BCUT2D eigenvalue weighted by Gasteiger charge is 2.27. The van der Waals surface area contributed by atoms with Gasteiger partial charge in [0.2, 0.25) is 0 Å². The lowest BCUT2D eigenvalue weighted by Gasteiger charge is -2.23. The van der Waals surface area contributed by atoms with Crippen molar-refractivity contribution in [3.8, 4) is 11.5 Å². The molecule has 1 unspecified atom stereocenters. The van der Waals surface area contributed by atoms with Crippen LogP contribution in [0.3, 0.4) is 0 Å². The Kier molecular flexibility index (Phi) is 4.66. The van der Waals surface area contributed by atoms with Crippen LogP contribution in [0.5, 0.6) is 11.5 Å². The fourth-order valence-electron chi connectivity index (χ4n) is 2.91. The summed E-state index contributed by atoms with van der Waals surface area (Å²) >= 11 is 0. The smallest absolute Gasteiger partial charge is 0.161 e. The van der Waals surface area contributed by atoms with Gasteiger partial charge in [0.15, 0.2) is 11.5 Å². The van der Waals surface area contributed by atoms with E-state index in [0.717, 1.165) is 37.2 Å². The Bertz CT molecular complexity index is 474. The summed E-state index contributed by atoms with van der Waals surface area (Å²) in [5.74, 6) is 1.74. The van der Waals surface area contributed by atoms with Crippen LogP contribution in [0.25, 0.3) is 0 Å². The van der Waals surface area contributed by atoms with E-state index in [1.165, 1.54) is 18.4 Å². The van der Waals surface area contributed by atoms with E-state index in [2.05, 4.69) is 36.2 Å². The lowest BCUT2D eigenvalue weighted by molar-refractivity contribution is 0.171. The molecule has 1 aliphatic heterocycles. The summed E-state index contributed by atoms with van der Waals surface area (Å²) in [4.78, 5) is 2.57. The van der Waals surface area contributed by atoms with Crippen molar-refractivity contribution >= 4 is 0 Å². The Morgan fingerprint density at radius 3 is 2.71 bits per heavy atom. The van der Waals surface area contributed by atoms with Crippen molar-refractivity contribution in [1.29, 1.82) is 0 Å². The molecule has 1 N–H and O–H groups in total. The highest BCUT2D eigenvalue weighted by Crippen LogP contribution is 2.32. The Morgan fingerprint density at radius 1 is 1.24 bits per heavy atom. The van der Waals surface area contributed by atoms with Gasteiger partial charge in [0.25, 0.3) is 0 Å². The van der Waals surface area contributed by atoms with Crippen LogP contribution >= 0.6 is 0 Å². The van der Waals surface area contributed by atoms with Gasteiger partial charge in [-0.25, -0.2) is 0 Å². The molecule has 1 heterocycles. The fourth-order valence-corrected chi connectivity index (χ4v) is 2.91. The SMILES string of the molecule is CCN(CCNC(C)c1ccc2c(c1)OCCO2)C1CC1. The van der Waals surface area contributed by atoms with Gasteiger partial charge in [-0.15, -0.1) is 0 Å². The molecule has 1 saturated carbocycles. The van der Waals surface area contributed by atoms with Gasteiger partial charge in [0.1, 0.15) is 13.2 Å². The normalized spacial score (nSPS) is 18.8. The topological polar surface area (TPSA) is 33.7 Å². The van der Waals surface area contributed by atoms with Crippen LogP contribution in [-0.4, -0.2) is 43.8 Å². The maximum Gasteiger partial charge on any atom is 0.161 e. The van der Waals surface area contributed by atoms with Gasteiger partial charge in [-0.2, -0.15) is 0 Å². The van der Waals surface area contributed by atoms with Crippen LogP contribution in [-0.2, 0) is 0 Å². The minimum Gasteiger partial charge on any atom is -0.486 e. The zero-order chi connectivity index (χ0) is 14.7. The minimum absolute atomic E-state index is 0.332. The summed E-state index contributed by atoms with van der Waals surface area (Å²) in [7, 11) is 0. The summed E-state index contributed by atoms with van der Waals surface area (Å²) in [6, 6.07) is 7.43. The van der Waals surface area contributed by atoms with Crippen molar-refractivity contribution < 1.29 is 9.47 Å². The van der Waals surface area contributed by atoms with E-state index in [-0.39, 0.29) is 0 Å².